The number of nitrogens with one attached hydrogen (secondary N) is 1. The molecule has 1 fully saturated rings. The lowest BCUT2D eigenvalue weighted by Crippen LogP contribution is -2.28. The van der Waals surface area contributed by atoms with E-state index < -0.39 is 11.9 Å². The largest absolute Gasteiger partial charge is 0.496 e. The van der Waals surface area contributed by atoms with Gasteiger partial charge >= 0.3 is 5.97 Å². The molecule has 1 aliphatic heterocycles. The SMILES string of the molecule is CCc1ccccc1N1CC(C(=O)Nc2ccc(C(=O)O)c(OC)c2)CC1=O. The molecule has 2 N–H and O–H groups in total. The number of anilines is 2. The summed E-state index contributed by atoms with van der Waals surface area (Å²) in [5.74, 6) is -1.80. The third kappa shape index (κ3) is 3.83. The van der Waals surface area contributed by atoms with E-state index in [-0.39, 0.29) is 29.5 Å². The fraction of sp³-hybridized carbons (Fsp3) is 0.286. The highest BCUT2D eigenvalue weighted by Gasteiger charge is 2.35. The van der Waals surface area contributed by atoms with Gasteiger partial charge in [-0.1, -0.05) is 25.1 Å². The van der Waals surface area contributed by atoms with E-state index in [4.69, 9.17) is 9.84 Å². The molecule has 0 spiro atoms. The molecule has 3 rings (SSSR count). The number of para-hydroxylation sites is 1. The van der Waals surface area contributed by atoms with Crippen LogP contribution in [0, 0.1) is 5.92 Å². The zero-order valence-corrected chi connectivity index (χ0v) is 15.8. The van der Waals surface area contributed by atoms with Gasteiger partial charge in [0.1, 0.15) is 11.3 Å². The number of ether oxygens (including phenoxy) is 1. The number of nitrogens with zero attached hydrogens (tertiary/aromatic N) is 1. The van der Waals surface area contributed by atoms with Crippen molar-refractivity contribution in [3.05, 3.63) is 53.6 Å². The summed E-state index contributed by atoms with van der Waals surface area (Å²) in [6.45, 7) is 2.34. The first-order chi connectivity index (χ1) is 13.4. The van der Waals surface area contributed by atoms with Gasteiger partial charge in [0, 0.05) is 30.4 Å². The summed E-state index contributed by atoms with van der Waals surface area (Å²) in [5.41, 5.74) is 2.34. The van der Waals surface area contributed by atoms with Crippen LogP contribution in [0.2, 0.25) is 0 Å². The second-order valence-corrected chi connectivity index (χ2v) is 6.60. The average molecular weight is 382 g/mol. The van der Waals surface area contributed by atoms with Crippen LogP contribution in [0.25, 0.3) is 0 Å². The molecule has 0 aliphatic carbocycles. The van der Waals surface area contributed by atoms with Crippen molar-refractivity contribution in [2.75, 3.05) is 23.9 Å². The molecule has 7 heteroatoms. The maximum Gasteiger partial charge on any atom is 0.339 e. The van der Waals surface area contributed by atoms with Crippen molar-refractivity contribution in [3.8, 4) is 5.75 Å². The van der Waals surface area contributed by atoms with E-state index in [0.29, 0.717) is 12.2 Å². The van der Waals surface area contributed by atoms with Crippen LogP contribution < -0.4 is 15.0 Å². The van der Waals surface area contributed by atoms with Gasteiger partial charge in [0.2, 0.25) is 11.8 Å². The highest BCUT2D eigenvalue weighted by atomic mass is 16.5. The van der Waals surface area contributed by atoms with Crippen molar-refractivity contribution in [2.45, 2.75) is 19.8 Å². The first kappa shape index (κ1) is 19.4. The summed E-state index contributed by atoms with van der Waals surface area (Å²) in [5, 5.41) is 11.9. The van der Waals surface area contributed by atoms with Gasteiger partial charge < -0.3 is 20.1 Å². The summed E-state index contributed by atoms with van der Waals surface area (Å²) in [4.78, 5) is 38.0. The number of methoxy groups -OCH3 is 1. The molecular weight excluding hydrogens is 360 g/mol. The second kappa shape index (κ2) is 8.12. The number of benzene rings is 2. The molecule has 146 valence electrons. The fourth-order valence-corrected chi connectivity index (χ4v) is 3.38. The van der Waals surface area contributed by atoms with Gasteiger partial charge in [-0.25, -0.2) is 4.79 Å². The fourth-order valence-electron chi connectivity index (χ4n) is 3.38. The number of aryl methyl sites for hydroxylation is 1. The number of rotatable bonds is 6. The first-order valence-corrected chi connectivity index (χ1v) is 9.05. The molecule has 2 aromatic rings. The summed E-state index contributed by atoms with van der Waals surface area (Å²) >= 11 is 0. The molecule has 1 unspecified atom stereocenters. The van der Waals surface area contributed by atoms with Crippen LogP contribution >= 0.6 is 0 Å². The predicted octanol–water partition coefficient (Wildman–Crippen LogP) is 2.95. The summed E-state index contributed by atoms with van der Waals surface area (Å²) in [6.07, 6.45) is 0.931. The molecule has 1 heterocycles. The smallest absolute Gasteiger partial charge is 0.339 e. The Morgan fingerprint density at radius 2 is 2.00 bits per heavy atom. The molecular formula is C21H22N2O5. The van der Waals surface area contributed by atoms with Crippen LogP contribution in [0.15, 0.2) is 42.5 Å². The molecule has 1 saturated heterocycles. The van der Waals surface area contributed by atoms with Crippen molar-refractivity contribution < 1.29 is 24.2 Å². The van der Waals surface area contributed by atoms with Crippen LogP contribution in [-0.2, 0) is 16.0 Å². The third-order valence-electron chi connectivity index (χ3n) is 4.86. The van der Waals surface area contributed by atoms with E-state index in [1.54, 1.807) is 4.90 Å². The molecule has 7 nitrogen and oxygen atoms in total. The Bertz CT molecular complexity index is 925. The lowest BCUT2D eigenvalue weighted by Gasteiger charge is -2.20. The van der Waals surface area contributed by atoms with Gasteiger partial charge in [-0.05, 0) is 30.2 Å². The molecule has 1 aliphatic rings. The number of aromatic carboxylic acids is 1. The van der Waals surface area contributed by atoms with Crippen molar-refractivity contribution in [1.82, 2.24) is 0 Å². The third-order valence-corrected chi connectivity index (χ3v) is 4.86. The Morgan fingerprint density at radius 1 is 1.25 bits per heavy atom. The lowest BCUT2D eigenvalue weighted by molar-refractivity contribution is -0.122. The van der Waals surface area contributed by atoms with Gasteiger partial charge in [0.15, 0.2) is 0 Å². The van der Waals surface area contributed by atoms with Crippen LogP contribution in [0.3, 0.4) is 0 Å². The van der Waals surface area contributed by atoms with Gasteiger partial charge in [0.05, 0.1) is 13.0 Å². The Balaban J connectivity index is 1.74. The summed E-state index contributed by atoms with van der Waals surface area (Å²) in [6, 6.07) is 12.0. The van der Waals surface area contributed by atoms with E-state index in [0.717, 1.165) is 17.7 Å². The van der Waals surface area contributed by atoms with E-state index >= 15 is 0 Å². The molecule has 0 radical (unpaired) electrons. The maximum atomic E-state index is 12.7. The summed E-state index contributed by atoms with van der Waals surface area (Å²) in [7, 11) is 1.37. The van der Waals surface area contributed by atoms with Crippen LogP contribution in [0.1, 0.15) is 29.3 Å². The van der Waals surface area contributed by atoms with Crippen LogP contribution in [-0.4, -0.2) is 36.5 Å². The zero-order chi connectivity index (χ0) is 20.3. The van der Waals surface area contributed by atoms with E-state index in [9.17, 15) is 14.4 Å². The highest BCUT2D eigenvalue weighted by molar-refractivity contribution is 6.04. The van der Waals surface area contributed by atoms with Crippen molar-refractivity contribution >= 4 is 29.2 Å². The predicted molar refractivity (Wildman–Crippen MR) is 105 cm³/mol. The van der Waals surface area contributed by atoms with E-state index in [1.807, 2.05) is 31.2 Å². The topological polar surface area (TPSA) is 95.9 Å². The number of carboxylic acid groups (broad SMARTS) is 1. The van der Waals surface area contributed by atoms with E-state index in [2.05, 4.69) is 5.32 Å². The van der Waals surface area contributed by atoms with Crippen molar-refractivity contribution in [2.24, 2.45) is 5.92 Å². The molecule has 2 aromatic carbocycles. The van der Waals surface area contributed by atoms with Gasteiger partial charge in [0.25, 0.3) is 0 Å². The Kier molecular flexibility index (Phi) is 5.63. The Labute approximate surface area is 162 Å². The highest BCUT2D eigenvalue weighted by Crippen LogP contribution is 2.30. The lowest BCUT2D eigenvalue weighted by atomic mass is 10.1. The van der Waals surface area contributed by atoms with Crippen molar-refractivity contribution in [1.29, 1.82) is 0 Å². The minimum absolute atomic E-state index is 0.0129. The monoisotopic (exact) mass is 382 g/mol. The number of hydrogen-bond donors (Lipinski definition) is 2. The molecule has 0 aromatic heterocycles. The minimum atomic E-state index is -1.11. The number of hydrogen-bond acceptors (Lipinski definition) is 4. The van der Waals surface area contributed by atoms with E-state index in [1.165, 1.54) is 25.3 Å². The molecule has 0 bridgehead atoms. The maximum absolute atomic E-state index is 12.7. The minimum Gasteiger partial charge on any atom is -0.496 e. The molecule has 1 atom stereocenters. The number of carboxylic acids is 1. The summed E-state index contributed by atoms with van der Waals surface area (Å²) < 4.78 is 5.08. The van der Waals surface area contributed by atoms with Gasteiger partial charge in [-0.15, -0.1) is 0 Å². The quantitative estimate of drug-likeness (QED) is 0.801. The van der Waals surface area contributed by atoms with Crippen molar-refractivity contribution in [3.63, 3.8) is 0 Å². The molecule has 0 saturated carbocycles. The van der Waals surface area contributed by atoms with Gasteiger partial charge in [-0.3, -0.25) is 9.59 Å². The second-order valence-electron chi connectivity index (χ2n) is 6.60. The van der Waals surface area contributed by atoms with Gasteiger partial charge in [-0.2, -0.15) is 0 Å². The normalized spacial score (nSPS) is 16.1. The zero-order valence-electron chi connectivity index (χ0n) is 15.8. The van der Waals surface area contributed by atoms with Crippen LogP contribution in [0.4, 0.5) is 11.4 Å². The standard InChI is InChI=1S/C21H22N2O5/c1-3-13-6-4-5-7-17(13)23-12-14(10-19(23)24)20(25)22-15-8-9-16(21(26)27)18(11-15)28-2/h4-9,11,14H,3,10,12H2,1-2H3,(H,22,25)(H,26,27). The number of carbonyl (C=O) groups excluding carboxylic acids is 2. The average Bonchev–Trinajstić information content (AvgIpc) is 3.09. The number of carbonyl (C=O) groups is 3. The Hall–Kier alpha value is -3.35. The first-order valence-electron chi connectivity index (χ1n) is 9.05. The van der Waals surface area contributed by atoms with Crippen LogP contribution in [0.5, 0.6) is 5.75 Å². The molecule has 28 heavy (non-hydrogen) atoms. The Morgan fingerprint density at radius 3 is 2.68 bits per heavy atom. The molecule has 2 amide bonds. The number of amides is 2.